The molecule has 1 aromatic rings. The molecule has 0 aliphatic carbocycles. The maximum absolute atomic E-state index is 12.8. The van der Waals surface area contributed by atoms with Crippen LogP contribution in [0.1, 0.15) is 23.1 Å². The Hall–Kier alpha value is -1.91. The third-order valence-corrected chi connectivity index (χ3v) is 2.15. The van der Waals surface area contributed by atoms with Crippen molar-refractivity contribution in [3.05, 3.63) is 22.9 Å². The average molecular weight is 266 g/mol. The first kappa shape index (κ1) is 14.2. The molecule has 0 aliphatic heterocycles. The van der Waals surface area contributed by atoms with Gasteiger partial charge in [-0.05, 0) is 5.56 Å². The van der Waals surface area contributed by atoms with Gasteiger partial charge in [0, 0.05) is 11.8 Å². The van der Waals surface area contributed by atoms with Crippen LogP contribution in [0.15, 0.2) is 6.20 Å². The van der Waals surface area contributed by atoms with Crippen LogP contribution in [0.4, 0.5) is 22.0 Å². The minimum Gasteiger partial charge on any atom is -0.481 e. The number of alkyl halides is 5. The van der Waals surface area contributed by atoms with E-state index < -0.39 is 41.6 Å². The van der Waals surface area contributed by atoms with E-state index in [-0.39, 0.29) is 0 Å². The predicted molar refractivity (Wildman–Crippen MR) is 50.1 cm³/mol. The van der Waals surface area contributed by atoms with Crippen LogP contribution < -0.4 is 4.74 Å². The highest BCUT2D eigenvalue weighted by atomic mass is 19.4. The number of nitrogens with zero attached hydrogens (tertiary/aromatic N) is 2. The number of hydrogen-bond acceptors (Lipinski definition) is 3. The van der Waals surface area contributed by atoms with Crippen LogP contribution in [0.5, 0.6) is 5.88 Å². The van der Waals surface area contributed by atoms with Crippen molar-refractivity contribution in [1.82, 2.24) is 4.98 Å². The molecule has 98 valence electrons. The highest BCUT2D eigenvalue weighted by Gasteiger charge is 2.40. The lowest BCUT2D eigenvalue weighted by Gasteiger charge is -2.17. The van der Waals surface area contributed by atoms with Gasteiger partial charge in [-0.25, -0.2) is 13.8 Å². The van der Waals surface area contributed by atoms with Gasteiger partial charge in [-0.15, -0.1) is 0 Å². The van der Waals surface area contributed by atoms with Crippen molar-refractivity contribution in [3.63, 3.8) is 0 Å². The molecule has 0 unspecified atom stereocenters. The maximum atomic E-state index is 12.8. The van der Waals surface area contributed by atoms with E-state index in [4.69, 9.17) is 5.26 Å². The Morgan fingerprint density at radius 2 is 2.06 bits per heavy atom. The van der Waals surface area contributed by atoms with Crippen LogP contribution in [0.3, 0.4) is 0 Å². The summed E-state index contributed by atoms with van der Waals surface area (Å²) in [6.07, 6.45) is -8.28. The second-order valence-electron chi connectivity index (χ2n) is 3.21. The molecule has 1 aromatic heterocycles. The Morgan fingerprint density at radius 1 is 1.44 bits per heavy atom. The predicted octanol–water partition coefficient (Wildman–Crippen LogP) is 3.11. The fourth-order valence-corrected chi connectivity index (χ4v) is 1.45. The molecular weight excluding hydrogens is 259 g/mol. The Kier molecular flexibility index (Phi) is 4.06. The molecule has 1 rings (SSSR count). The summed E-state index contributed by atoms with van der Waals surface area (Å²) in [6, 6.07) is 1.43. The van der Waals surface area contributed by atoms with Gasteiger partial charge in [0.05, 0.1) is 19.6 Å². The molecule has 0 radical (unpaired) electrons. The zero-order valence-electron chi connectivity index (χ0n) is 9.05. The van der Waals surface area contributed by atoms with Crippen molar-refractivity contribution in [3.8, 4) is 11.9 Å². The maximum Gasteiger partial charge on any atom is 0.421 e. The standard InChI is InChI=1S/C10H7F5N2O/c1-18-9-7(10(13,14)15)5(2-3-16)6(4-17-9)8(11)12/h4,8H,2H2,1H3. The van der Waals surface area contributed by atoms with E-state index in [1.165, 1.54) is 6.07 Å². The first-order chi connectivity index (χ1) is 8.32. The van der Waals surface area contributed by atoms with Crippen LogP contribution in [-0.4, -0.2) is 12.1 Å². The molecule has 0 saturated carbocycles. The number of methoxy groups -OCH3 is 1. The highest BCUT2D eigenvalue weighted by Crippen LogP contribution is 2.40. The van der Waals surface area contributed by atoms with Crippen LogP contribution in [0.2, 0.25) is 0 Å². The van der Waals surface area contributed by atoms with Crippen molar-refractivity contribution in [2.24, 2.45) is 0 Å². The second kappa shape index (κ2) is 5.16. The lowest BCUT2D eigenvalue weighted by Crippen LogP contribution is -2.15. The van der Waals surface area contributed by atoms with Gasteiger partial charge in [0.2, 0.25) is 5.88 Å². The zero-order chi connectivity index (χ0) is 13.9. The Labute approximate surface area is 98.8 Å². The first-order valence-corrected chi connectivity index (χ1v) is 4.61. The Bertz CT molecular complexity index is 478. The summed E-state index contributed by atoms with van der Waals surface area (Å²) in [5, 5.41) is 8.46. The minimum absolute atomic E-state index is 0.589. The van der Waals surface area contributed by atoms with Gasteiger partial charge in [0.15, 0.2) is 0 Å². The summed E-state index contributed by atoms with van der Waals surface area (Å²) < 4.78 is 68.0. The van der Waals surface area contributed by atoms with E-state index in [1.54, 1.807) is 0 Å². The number of ether oxygens (including phenoxy) is 1. The van der Waals surface area contributed by atoms with Crippen molar-refractivity contribution < 1.29 is 26.7 Å². The molecule has 0 aliphatic rings. The van der Waals surface area contributed by atoms with E-state index in [2.05, 4.69) is 9.72 Å². The Morgan fingerprint density at radius 3 is 2.44 bits per heavy atom. The van der Waals surface area contributed by atoms with E-state index in [9.17, 15) is 22.0 Å². The monoisotopic (exact) mass is 266 g/mol. The number of pyridine rings is 1. The average Bonchev–Trinajstić information content (AvgIpc) is 2.26. The van der Waals surface area contributed by atoms with E-state index in [0.717, 1.165) is 7.11 Å². The minimum atomic E-state index is -4.92. The molecule has 0 N–H and O–H groups in total. The van der Waals surface area contributed by atoms with Crippen LogP contribution in [0.25, 0.3) is 0 Å². The lowest BCUT2D eigenvalue weighted by atomic mass is 10.0. The fraction of sp³-hybridized carbons (Fsp3) is 0.400. The third kappa shape index (κ3) is 2.67. The summed E-state index contributed by atoms with van der Waals surface area (Å²) in [5.41, 5.74) is -3.14. The lowest BCUT2D eigenvalue weighted by molar-refractivity contribution is -0.139. The van der Waals surface area contributed by atoms with Crippen molar-refractivity contribution >= 4 is 0 Å². The van der Waals surface area contributed by atoms with Crippen molar-refractivity contribution in [1.29, 1.82) is 5.26 Å². The highest BCUT2D eigenvalue weighted by molar-refractivity contribution is 5.44. The normalized spacial score (nSPS) is 11.4. The summed E-state index contributed by atoms with van der Waals surface area (Å²) in [5.74, 6) is -0.822. The summed E-state index contributed by atoms with van der Waals surface area (Å²) in [7, 11) is 0.940. The van der Waals surface area contributed by atoms with Gasteiger partial charge in [0.25, 0.3) is 6.43 Å². The summed E-state index contributed by atoms with van der Waals surface area (Å²) in [4.78, 5) is 3.20. The van der Waals surface area contributed by atoms with E-state index in [1.807, 2.05) is 0 Å². The van der Waals surface area contributed by atoms with Gasteiger partial charge in [0.1, 0.15) is 5.56 Å². The van der Waals surface area contributed by atoms with E-state index in [0.29, 0.717) is 6.20 Å². The van der Waals surface area contributed by atoms with Gasteiger partial charge in [-0.2, -0.15) is 18.4 Å². The van der Waals surface area contributed by atoms with Crippen molar-refractivity contribution in [2.75, 3.05) is 7.11 Å². The van der Waals surface area contributed by atoms with E-state index >= 15 is 0 Å². The number of halogens is 5. The molecule has 0 saturated heterocycles. The van der Waals surface area contributed by atoms with Crippen LogP contribution in [-0.2, 0) is 12.6 Å². The summed E-state index contributed by atoms with van der Waals surface area (Å²) in [6.45, 7) is 0. The number of nitriles is 1. The zero-order valence-corrected chi connectivity index (χ0v) is 9.05. The Balaban J connectivity index is 3.60. The SMILES string of the molecule is COc1ncc(C(F)F)c(CC#N)c1C(F)(F)F. The quantitative estimate of drug-likeness (QED) is 0.789. The summed E-state index contributed by atoms with van der Waals surface area (Å²) >= 11 is 0. The first-order valence-electron chi connectivity index (χ1n) is 4.61. The smallest absolute Gasteiger partial charge is 0.421 e. The van der Waals surface area contributed by atoms with Gasteiger partial charge in [-0.3, -0.25) is 0 Å². The molecule has 0 atom stereocenters. The molecule has 0 fully saturated rings. The molecule has 0 bridgehead atoms. The number of rotatable bonds is 3. The third-order valence-electron chi connectivity index (χ3n) is 2.15. The van der Waals surface area contributed by atoms with Gasteiger partial charge < -0.3 is 4.74 Å². The molecule has 0 aromatic carbocycles. The molecular formula is C10H7F5N2O. The van der Waals surface area contributed by atoms with Crippen molar-refractivity contribution in [2.45, 2.75) is 19.0 Å². The number of hydrogen-bond donors (Lipinski definition) is 0. The molecule has 18 heavy (non-hydrogen) atoms. The second-order valence-corrected chi connectivity index (χ2v) is 3.21. The molecule has 8 heteroatoms. The molecule has 0 spiro atoms. The van der Waals surface area contributed by atoms with Gasteiger partial charge >= 0.3 is 6.18 Å². The van der Waals surface area contributed by atoms with Gasteiger partial charge in [-0.1, -0.05) is 0 Å². The van der Waals surface area contributed by atoms with Crippen LogP contribution >= 0.6 is 0 Å². The number of aromatic nitrogens is 1. The largest absolute Gasteiger partial charge is 0.481 e. The van der Waals surface area contributed by atoms with Crippen LogP contribution in [0, 0.1) is 11.3 Å². The molecule has 3 nitrogen and oxygen atoms in total. The molecule has 1 heterocycles. The topological polar surface area (TPSA) is 45.9 Å². The molecule has 0 amide bonds. The fourth-order valence-electron chi connectivity index (χ4n) is 1.45.